The van der Waals surface area contributed by atoms with Gasteiger partial charge in [0.15, 0.2) is 0 Å². The fourth-order valence-corrected chi connectivity index (χ4v) is 5.06. The molecule has 7 heteroatoms. The first-order valence-corrected chi connectivity index (χ1v) is 10.6. The largest absolute Gasteiger partial charge is 0.365 e. The van der Waals surface area contributed by atoms with E-state index in [0.717, 1.165) is 23.5 Å². The molecule has 1 saturated carbocycles. The molecule has 0 saturated heterocycles. The summed E-state index contributed by atoms with van der Waals surface area (Å²) in [6.45, 7) is 7.71. The zero-order chi connectivity index (χ0) is 18.2. The Morgan fingerprint density at radius 1 is 1.20 bits per heavy atom. The number of aryl methyl sites for hydroxylation is 1. The lowest BCUT2D eigenvalue weighted by atomic mass is 10.1. The molecule has 138 valence electrons. The number of amides is 1. The first-order chi connectivity index (χ1) is 11.9. The molecule has 1 amide bonds. The van der Waals surface area contributed by atoms with Gasteiger partial charge in [-0.1, -0.05) is 26.0 Å². The number of para-hydroxylation sites is 1. The minimum absolute atomic E-state index is 0.339. The number of sulfonamides is 1. The van der Waals surface area contributed by atoms with E-state index in [1.165, 1.54) is 17.1 Å². The van der Waals surface area contributed by atoms with Crippen molar-refractivity contribution in [3.8, 4) is 0 Å². The van der Waals surface area contributed by atoms with Crippen LogP contribution in [-0.2, 0) is 14.8 Å². The average molecular weight is 365 g/mol. The Hall–Kier alpha value is -1.60. The maximum atomic E-state index is 12.8. The Balaban J connectivity index is 1.87. The number of benzene rings is 1. The summed E-state index contributed by atoms with van der Waals surface area (Å²) in [5, 5.41) is 0. The molecule has 25 heavy (non-hydrogen) atoms. The van der Waals surface area contributed by atoms with Crippen molar-refractivity contribution in [2.45, 2.75) is 39.7 Å². The molecule has 1 aromatic rings. The van der Waals surface area contributed by atoms with Crippen LogP contribution in [0.15, 0.2) is 18.2 Å². The van der Waals surface area contributed by atoms with E-state index in [4.69, 9.17) is 0 Å². The molecule has 0 N–H and O–H groups in total. The Morgan fingerprint density at radius 3 is 2.48 bits per heavy atom. The van der Waals surface area contributed by atoms with E-state index >= 15 is 0 Å². The molecule has 1 aromatic carbocycles. The van der Waals surface area contributed by atoms with Gasteiger partial charge in [-0.15, -0.1) is 0 Å². The average Bonchev–Trinajstić information content (AvgIpc) is 3.39. The van der Waals surface area contributed by atoms with Crippen molar-refractivity contribution in [2.75, 3.05) is 41.7 Å². The monoisotopic (exact) mass is 365 g/mol. The number of carbonyl (C=O) groups is 1. The molecule has 0 aromatic heterocycles. The van der Waals surface area contributed by atoms with Crippen molar-refractivity contribution < 1.29 is 13.2 Å². The molecular weight excluding hydrogens is 338 g/mol. The van der Waals surface area contributed by atoms with Gasteiger partial charge in [-0.2, -0.15) is 0 Å². The summed E-state index contributed by atoms with van der Waals surface area (Å²) in [4.78, 5) is 16.9. The smallest absolute Gasteiger partial charge is 0.243 e. The first kappa shape index (κ1) is 18.2. The Kier molecular flexibility index (Phi) is 5.06. The summed E-state index contributed by atoms with van der Waals surface area (Å²) in [7, 11) is -3.57. The van der Waals surface area contributed by atoms with Crippen LogP contribution in [0.5, 0.6) is 0 Å². The Bertz CT molecular complexity index is 755. The van der Waals surface area contributed by atoms with Crippen molar-refractivity contribution in [1.82, 2.24) is 4.31 Å². The van der Waals surface area contributed by atoms with Gasteiger partial charge in [0.2, 0.25) is 15.9 Å². The highest BCUT2D eigenvalue weighted by molar-refractivity contribution is 7.89. The normalized spacial score (nSPS) is 17.8. The van der Waals surface area contributed by atoms with E-state index in [1.54, 1.807) is 18.7 Å². The van der Waals surface area contributed by atoms with Gasteiger partial charge < -0.3 is 9.80 Å². The van der Waals surface area contributed by atoms with E-state index in [9.17, 15) is 13.2 Å². The quantitative estimate of drug-likeness (QED) is 0.773. The SMILES string of the molecule is CCN(CC)S(=O)(=O)CC(=O)N1CCN(C2CC2)c2c(C)cccc21. The number of rotatable bonds is 6. The number of hydrogen-bond acceptors (Lipinski definition) is 4. The van der Waals surface area contributed by atoms with Gasteiger partial charge in [-0.25, -0.2) is 12.7 Å². The molecule has 3 rings (SSSR count). The standard InChI is InChI=1S/C18H27N3O3S/c1-4-19(5-2)25(23,24)13-17(22)21-12-11-20(15-9-10-15)18-14(3)7-6-8-16(18)21/h6-8,15H,4-5,9-13H2,1-3H3. The lowest BCUT2D eigenvalue weighted by molar-refractivity contribution is -0.116. The molecule has 0 atom stereocenters. The van der Waals surface area contributed by atoms with Gasteiger partial charge in [0, 0.05) is 32.2 Å². The highest BCUT2D eigenvalue weighted by Crippen LogP contribution is 2.42. The number of nitrogens with zero attached hydrogens (tertiary/aromatic N) is 3. The van der Waals surface area contributed by atoms with Gasteiger partial charge in [0.1, 0.15) is 5.75 Å². The maximum Gasteiger partial charge on any atom is 0.243 e. The van der Waals surface area contributed by atoms with E-state index in [-0.39, 0.29) is 5.91 Å². The van der Waals surface area contributed by atoms with Crippen LogP contribution in [-0.4, -0.2) is 56.6 Å². The third-order valence-corrected chi connectivity index (χ3v) is 6.97. The number of hydrogen-bond donors (Lipinski definition) is 0. The van der Waals surface area contributed by atoms with Crippen LogP contribution in [0.25, 0.3) is 0 Å². The lowest BCUT2D eigenvalue weighted by Crippen LogP contribution is -2.48. The van der Waals surface area contributed by atoms with E-state index in [0.29, 0.717) is 25.7 Å². The Morgan fingerprint density at radius 2 is 1.88 bits per heavy atom. The first-order valence-electron chi connectivity index (χ1n) is 9.03. The summed E-state index contributed by atoms with van der Waals surface area (Å²) in [5.74, 6) is -0.805. The second-order valence-electron chi connectivity index (χ2n) is 6.75. The molecule has 1 fully saturated rings. The molecular formula is C18H27N3O3S. The van der Waals surface area contributed by atoms with Crippen molar-refractivity contribution in [3.05, 3.63) is 23.8 Å². The third-order valence-electron chi connectivity index (χ3n) is 5.05. The molecule has 0 spiro atoms. The summed E-state index contributed by atoms with van der Waals surface area (Å²) in [6, 6.07) is 6.48. The predicted octanol–water partition coefficient (Wildman–Crippen LogP) is 1.98. The van der Waals surface area contributed by atoms with Crippen LogP contribution in [0.1, 0.15) is 32.3 Å². The molecule has 1 aliphatic heterocycles. The summed E-state index contributed by atoms with van der Waals surface area (Å²) >= 11 is 0. The highest BCUT2D eigenvalue weighted by atomic mass is 32.2. The van der Waals surface area contributed by atoms with E-state index < -0.39 is 15.8 Å². The fraction of sp³-hybridized carbons (Fsp3) is 0.611. The van der Waals surface area contributed by atoms with Gasteiger partial charge in [0.05, 0.1) is 11.4 Å². The molecule has 2 aliphatic rings. The van der Waals surface area contributed by atoms with Crippen LogP contribution in [0.3, 0.4) is 0 Å². The van der Waals surface area contributed by atoms with Crippen molar-refractivity contribution >= 4 is 27.3 Å². The van der Waals surface area contributed by atoms with Gasteiger partial charge in [-0.3, -0.25) is 4.79 Å². The fourth-order valence-electron chi connectivity index (χ4n) is 3.63. The molecule has 6 nitrogen and oxygen atoms in total. The molecule has 0 bridgehead atoms. The zero-order valence-electron chi connectivity index (χ0n) is 15.2. The predicted molar refractivity (Wildman–Crippen MR) is 101 cm³/mol. The zero-order valence-corrected chi connectivity index (χ0v) is 16.1. The topological polar surface area (TPSA) is 60.9 Å². The van der Waals surface area contributed by atoms with Crippen LogP contribution < -0.4 is 9.80 Å². The number of anilines is 2. The van der Waals surface area contributed by atoms with E-state index in [2.05, 4.69) is 17.9 Å². The number of fused-ring (bicyclic) bond motifs is 1. The minimum atomic E-state index is -3.57. The van der Waals surface area contributed by atoms with Crippen LogP contribution in [0.4, 0.5) is 11.4 Å². The number of carbonyl (C=O) groups excluding carboxylic acids is 1. The van der Waals surface area contributed by atoms with Gasteiger partial charge in [0.25, 0.3) is 0 Å². The maximum absolute atomic E-state index is 12.8. The van der Waals surface area contributed by atoms with Crippen LogP contribution >= 0.6 is 0 Å². The third kappa shape index (κ3) is 3.53. The van der Waals surface area contributed by atoms with Crippen molar-refractivity contribution in [3.63, 3.8) is 0 Å². The van der Waals surface area contributed by atoms with Gasteiger partial charge in [-0.05, 0) is 31.4 Å². The molecule has 0 radical (unpaired) electrons. The highest BCUT2D eigenvalue weighted by Gasteiger charge is 2.37. The second-order valence-corrected chi connectivity index (χ2v) is 8.72. The summed E-state index contributed by atoms with van der Waals surface area (Å²) < 4.78 is 26.3. The lowest BCUT2D eigenvalue weighted by Gasteiger charge is -2.39. The Labute approximate surface area is 150 Å². The molecule has 1 aliphatic carbocycles. The van der Waals surface area contributed by atoms with Crippen molar-refractivity contribution in [2.24, 2.45) is 0 Å². The van der Waals surface area contributed by atoms with E-state index in [1.807, 2.05) is 12.1 Å². The second kappa shape index (κ2) is 6.96. The van der Waals surface area contributed by atoms with Crippen LogP contribution in [0.2, 0.25) is 0 Å². The molecule has 1 heterocycles. The van der Waals surface area contributed by atoms with Crippen LogP contribution in [0, 0.1) is 6.92 Å². The summed E-state index contributed by atoms with van der Waals surface area (Å²) in [6.07, 6.45) is 2.39. The summed E-state index contributed by atoms with van der Waals surface area (Å²) in [5.41, 5.74) is 3.07. The molecule has 0 unspecified atom stereocenters. The van der Waals surface area contributed by atoms with Crippen molar-refractivity contribution in [1.29, 1.82) is 0 Å². The minimum Gasteiger partial charge on any atom is -0.365 e. The van der Waals surface area contributed by atoms with Gasteiger partial charge >= 0.3 is 0 Å².